The summed E-state index contributed by atoms with van der Waals surface area (Å²) in [6.45, 7) is 14.7. The number of aromatic nitrogens is 13. The first-order valence-electron chi connectivity index (χ1n) is 22.4. The van der Waals surface area contributed by atoms with Crippen molar-refractivity contribution < 1.29 is 15.0 Å². The zero-order valence-corrected chi connectivity index (χ0v) is 44.3. The number of hydrogen-bond donors (Lipinski definition) is 2. The Morgan fingerprint density at radius 3 is 1.44 bits per heavy atom. The lowest BCUT2D eigenvalue weighted by Crippen LogP contribution is -2.19. The summed E-state index contributed by atoms with van der Waals surface area (Å²) in [7, 11) is 0. The Morgan fingerprint density at radius 1 is 0.500 bits per heavy atom. The number of imidazole rings is 5. The summed E-state index contributed by atoms with van der Waals surface area (Å²) in [4.78, 5) is 55.2. The summed E-state index contributed by atoms with van der Waals surface area (Å²) in [6, 6.07) is 11.4. The first kappa shape index (κ1) is 49.9. The number of fused-ring (bicyclic) bond motifs is 5. The molecule has 2 unspecified atom stereocenters. The maximum absolute atomic E-state index is 10.4. The molecule has 0 fully saturated rings. The predicted octanol–water partition coefficient (Wildman–Crippen LogP) is 11.0. The quantitative estimate of drug-likeness (QED) is 0.145. The number of thiazole rings is 5. The summed E-state index contributed by atoms with van der Waals surface area (Å²) < 4.78 is 9.88. The lowest BCUT2D eigenvalue weighted by atomic mass is 9.83. The number of carbonyl (C=O) groups excluding carboxylic acids is 1. The van der Waals surface area contributed by atoms with E-state index in [4.69, 9.17) is 0 Å². The Labute approximate surface area is 433 Å². The highest BCUT2D eigenvalue weighted by atomic mass is 32.1. The summed E-state index contributed by atoms with van der Waals surface area (Å²) in [5.41, 5.74) is 5.62. The molecule has 13 aromatic rings. The molecule has 0 radical (unpaired) electrons. The van der Waals surface area contributed by atoms with Crippen LogP contribution in [0.15, 0.2) is 142 Å². The summed E-state index contributed by atoms with van der Waals surface area (Å²) >= 11 is 8.38. The average Bonchev–Trinajstić information content (AvgIpc) is 4.23. The fourth-order valence-electron chi connectivity index (χ4n) is 7.73. The van der Waals surface area contributed by atoms with Crippen molar-refractivity contribution in [2.45, 2.75) is 66.1 Å². The molecule has 13 rings (SSSR count). The van der Waals surface area contributed by atoms with Gasteiger partial charge in [0.1, 0.15) is 78.8 Å². The molecule has 0 aliphatic carbocycles. The van der Waals surface area contributed by atoms with E-state index in [9.17, 15) is 15.0 Å². The standard InChI is InChI=1S/C14H15N3S.2C12H11N3OS.C7H6N2OS.C6H6N2S/c1-10-8-17-9-16-12(13(17)18-10)14(2,3)11-5-4-6-15-7-11;2*1-8-6-15-7-14-10(12(15)17-8)11(16)9-3-2-4-13-5-9;1-5-2-9-4-8-6(3-10)7(9)11-5;1-5-3-8-4-7-2-6(8)9-5/h4-9H,1-3H3;2*2-7,11,16H,1H3;2-4H,1H3;2-4H,1H3. The van der Waals surface area contributed by atoms with Crippen molar-refractivity contribution in [3.63, 3.8) is 0 Å². The van der Waals surface area contributed by atoms with E-state index in [0.717, 1.165) is 37.6 Å². The zero-order chi connectivity index (χ0) is 50.5. The smallest absolute Gasteiger partial charge is 0.171 e. The van der Waals surface area contributed by atoms with Gasteiger partial charge in [0.15, 0.2) is 6.29 Å². The molecule has 2 N–H and O–H groups in total. The topological polar surface area (TPSA) is 183 Å². The van der Waals surface area contributed by atoms with E-state index in [1.165, 1.54) is 39.6 Å². The number of rotatable bonds is 7. The molecule has 13 aromatic heterocycles. The number of nitrogens with zero attached hydrogens (tertiary/aromatic N) is 13. The molecular weight excluding hydrogens is 1000 g/mol. The summed E-state index contributed by atoms with van der Waals surface area (Å²) in [5.74, 6) is 0. The van der Waals surface area contributed by atoms with Gasteiger partial charge in [0, 0.05) is 109 Å². The third-order valence-electron chi connectivity index (χ3n) is 11.2. The Hall–Kier alpha value is -7.11. The highest BCUT2D eigenvalue weighted by molar-refractivity contribution is 7.18. The number of aryl methyl sites for hydroxylation is 5. The van der Waals surface area contributed by atoms with Gasteiger partial charge in [-0.2, -0.15) is 0 Å². The van der Waals surface area contributed by atoms with Crippen molar-refractivity contribution in [3.8, 4) is 0 Å². The predicted molar refractivity (Wildman–Crippen MR) is 287 cm³/mol. The second kappa shape index (κ2) is 21.7. The number of hydrogen-bond acceptors (Lipinski definition) is 16. The molecule has 0 saturated heterocycles. The Balaban J connectivity index is 0.000000113. The lowest BCUT2D eigenvalue weighted by molar-refractivity contribution is 0.112. The van der Waals surface area contributed by atoms with E-state index < -0.39 is 12.2 Å². The van der Waals surface area contributed by atoms with Gasteiger partial charge < -0.3 is 10.2 Å². The Kier molecular flexibility index (Phi) is 15.0. The molecule has 16 nitrogen and oxygen atoms in total. The van der Waals surface area contributed by atoms with Gasteiger partial charge in [0.05, 0.1) is 18.2 Å². The second-order valence-electron chi connectivity index (χ2n) is 17.0. The van der Waals surface area contributed by atoms with Crippen LogP contribution in [0.5, 0.6) is 0 Å². The molecule has 0 aliphatic heterocycles. The minimum absolute atomic E-state index is 0.125. The normalized spacial score (nSPS) is 12.2. The van der Waals surface area contributed by atoms with Crippen LogP contribution in [-0.2, 0) is 5.41 Å². The lowest BCUT2D eigenvalue weighted by Gasteiger charge is -2.22. The fourth-order valence-corrected chi connectivity index (χ4v) is 12.4. The zero-order valence-electron chi connectivity index (χ0n) is 40.2. The Morgan fingerprint density at radius 2 is 0.944 bits per heavy atom. The first-order chi connectivity index (χ1) is 34.8. The van der Waals surface area contributed by atoms with Crippen molar-refractivity contribution in [3.05, 3.63) is 206 Å². The van der Waals surface area contributed by atoms with Crippen LogP contribution in [0.3, 0.4) is 0 Å². The highest BCUT2D eigenvalue weighted by Crippen LogP contribution is 2.35. The van der Waals surface area contributed by atoms with E-state index >= 15 is 0 Å². The molecule has 2 atom stereocenters. The molecule has 13 heterocycles. The third-order valence-corrected chi connectivity index (χ3v) is 16.3. The van der Waals surface area contributed by atoms with E-state index in [0.29, 0.717) is 17.1 Å². The number of carbonyl (C=O) groups is 1. The number of aldehydes is 1. The maximum Gasteiger partial charge on any atom is 0.171 e. The molecule has 0 spiro atoms. The van der Waals surface area contributed by atoms with Crippen molar-refractivity contribution in [2.75, 3.05) is 0 Å². The van der Waals surface area contributed by atoms with Crippen molar-refractivity contribution in [1.82, 2.24) is 61.9 Å². The molecular formula is C51H49N13O3S5. The monoisotopic (exact) mass is 1050 g/mol. The van der Waals surface area contributed by atoms with Crippen LogP contribution in [0.2, 0.25) is 0 Å². The van der Waals surface area contributed by atoms with Gasteiger partial charge in [-0.15, -0.1) is 56.7 Å². The molecule has 21 heteroatoms. The van der Waals surface area contributed by atoms with Gasteiger partial charge in [0.2, 0.25) is 0 Å². The van der Waals surface area contributed by atoms with Crippen molar-refractivity contribution >= 4 is 87.1 Å². The van der Waals surface area contributed by atoms with Gasteiger partial charge in [-0.25, -0.2) is 24.9 Å². The number of pyridine rings is 3. The van der Waals surface area contributed by atoms with Crippen LogP contribution < -0.4 is 0 Å². The molecule has 0 bridgehead atoms. The van der Waals surface area contributed by atoms with Crippen LogP contribution in [0.1, 0.15) is 94.7 Å². The first-order valence-corrected chi connectivity index (χ1v) is 26.5. The molecule has 0 aliphatic rings. The van der Waals surface area contributed by atoms with Crippen LogP contribution in [0.4, 0.5) is 0 Å². The van der Waals surface area contributed by atoms with Gasteiger partial charge >= 0.3 is 0 Å². The summed E-state index contributed by atoms with van der Waals surface area (Å²) in [6.07, 6.45) is 30.6. The van der Waals surface area contributed by atoms with Gasteiger partial charge in [-0.05, 0) is 72.2 Å². The number of aliphatic hydroxyl groups is 2. The Bertz CT molecular complexity index is 3690. The van der Waals surface area contributed by atoms with Crippen LogP contribution in [0, 0.1) is 34.6 Å². The van der Waals surface area contributed by atoms with E-state index in [2.05, 4.69) is 90.4 Å². The number of aliphatic hydroxyl groups excluding tert-OH is 2. The minimum Gasteiger partial charge on any atom is -0.382 e. The average molecular weight is 1050 g/mol. The summed E-state index contributed by atoms with van der Waals surface area (Å²) in [5, 5.41) is 20.6. The third kappa shape index (κ3) is 10.9. The fraction of sp³-hybridized carbons (Fsp3) is 0.196. The largest absolute Gasteiger partial charge is 0.382 e. The van der Waals surface area contributed by atoms with Crippen LogP contribution in [0.25, 0.3) is 24.2 Å². The minimum atomic E-state index is -0.716. The van der Waals surface area contributed by atoms with Gasteiger partial charge in [-0.3, -0.25) is 41.7 Å². The SMILES string of the molecule is Cc1cn2cnc(C(C)(C)c3cccnc3)c2s1.Cc1cn2cnc(C(O)c3cccnc3)c2s1.Cc1cn2cnc(C(O)c3cccnc3)c2s1.Cc1cn2cnc(C=O)c2s1.Cc1cn2cncc2s1. The molecule has 0 amide bonds. The maximum atomic E-state index is 10.4. The van der Waals surface area contributed by atoms with Crippen LogP contribution in [-0.4, -0.2) is 78.4 Å². The molecule has 0 saturated carbocycles. The van der Waals surface area contributed by atoms with Crippen molar-refractivity contribution in [2.24, 2.45) is 0 Å². The van der Waals surface area contributed by atoms with E-state index in [1.54, 1.807) is 107 Å². The molecule has 0 aromatic carbocycles. The molecule has 366 valence electrons. The van der Waals surface area contributed by atoms with Gasteiger partial charge in [-0.1, -0.05) is 18.2 Å². The van der Waals surface area contributed by atoms with E-state index in [1.807, 2.05) is 112 Å². The molecule has 72 heavy (non-hydrogen) atoms. The second-order valence-corrected chi connectivity index (χ2v) is 23.2. The van der Waals surface area contributed by atoms with E-state index in [-0.39, 0.29) is 5.41 Å². The van der Waals surface area contributed by atoms with Crippen molar-refractivity contribution in [1.29, 1.82) is 0 Å². The highest BCUT2D eigenvalue weighted by Gasteiger charge is 2.29. The van der Waals surface area contributed by atoms with Gasteiger partial charge in [0.25, 0.3) is 0 Å². The van der Waals surface area contributed by atoms with Crippen LogP contribution >= 0.6 is 56.7 Å².